The molecule has 3 aromatic rings. The van der Waals surface area contributed by atoms with Crippen LogP contribution in [0, 0.1) is 10.1 Å². The van der Waals surface area contributed by atoms with Gasteiger partial charge in [-0.1, -0.05) is 46.9 Å². The molecule has 2 amide bonds. The summed E-state index contributed by atoms with van der Waals surface area (Å²) in [5.74, 6) is -2.55. The van der Waals surface area contributed by atoms with Gasteiger partial charge in [-0.25, -0.2) is 9.69 Å². The van der Waals surface area contributed by atoms with E-state index in [9.17, 15) is 24.5 Å². The molecule has 9 nitrogen and oxygen atoms in total. The Bertz CT molecular complexity index is 1420. The minimum Gasteiger partial charge on any atom is -0.416 e. The number of halogens is 3. The number of nitrogens with zero attached hydrogens (tertiary/aromatic N) is 2. The van der Waals surface area contributed by atoms with Crippen LogP contribution in [0.15, 0.2) is 77.5 Å². The first-order valence-corrected chi connectivity index (χ1v) is 10.9. The van der Waals surface area contributed by atoms with Crippen molar-refractivity contribution >= 4 is 69.6 Å². The number of carbonyl (C=O) groups is 3. The lowest BCUT2D eigenvalue weighted by Crippen LogP contribution is -2.32. The first kappa shape index (κ1) is 24.2. The number of para-hydroxylation sites is 2. The molecular formula is C23H12Cl3N3O6. The van der Waals surface area contributed by atoms with Crippen molar-refractivity contribution in [2.45, 2.75) is 0 Å². The zero-order valence-electron chi connectivity index (χ0n) is 17.3. The molecule has 1 N–H and O–H groups in total. The fraction of sp³-hybridized carbons (Fsp3) is 0. The van der Waals surface area contributed by atoms with Gasteiger partial charge in [0, 0.05) is 16.8 Å². The van der Waals surface area contributed by atoms with E-state index < -0.39 is 22.7 Å². The number of hydrogen-bond acceptors (Lipinski definition) is 7. The van der Waals surface area contributed by atoms with E-state index in [0.29, 0.717) is 5.69 Å². The Balaban J connectivity index is 1.51. The van der Waals surface area contributed by atoms with Gasteiger partial charge in [-0.15, -0.1) is 0 Å². The zero-order chi connectivity index (χ0) is 25.3. The molecule has 0 aromatic heterocycles. The van der Waals surface area contributed by atoms with Gasteiger partial charge in [-0.2, -0.15) is 0 Å². The van der Waals surface area contributed by atoms with Gasteiger partial charge in [-0.05, 0) is 48.5 Å². The zero-order valence-corrected chi connectivity index (χ0v) is 19.6. The lowest BCUT2D eigenvalue weighted by molar-refractivity contribution is -0.385. The predicted molar refractivity (Wildman–Crippen MR) is 130 cm³/mol. The third kappa shape index (κ3) is 4.83. The maximum absolute atomic E-state index is 12.9. The molecule has 0 aliphatic carbocycles. The molecule has 3 aromatic carbocycles. The van der Waals surface area contributed by atoms with Gasteiger partial charge in [0.1, 0.15) is 10.7 Å². The Morgan fingerprint density at radius 3 is 2.31 bits per heavy atom. The van der Waals surface area contributed by atoms with Crippen LogP contribution in [0.2, 0.25) is 10.0 Å². The summed E-state index contributed by atoms with van der Waals surface area (Å²) in [7, 11) is 0. The third-order valence-corrected chi connectivity index (χ3v) is 5.74. The number of nitrogens with one attached hydrogen (secondary N) is 1. The molecule has 0 spiro atoms. The second kappa shape index (κ2) is 9.75. The van der Waals surface area contributed by atoms with E-state index in [1.807, 2.05) is 0 Å². The largest absolute Gasteiger partial charge is 0.416 e. The summed E-state index contributed by atoms with van der Waals surface area (Å²) >= 11 is 18.2. The maximum Gasteiger partial charge on any atom is 0.343 e. The van der Waals surface area contributed by atoms with Crippen LogP contribution >= 0.6 is 34.8 Å². The first-order chi connectivity index (χ1) is 16.7. The number of carbonyl (C=O) groups excluding carboxylic acids is 3. The summed E-state index contributed by atoms with van der Waals surface area (Å²) in [6.07, 6.45) is 0. The number of nitro benzene ring substituents is 1. The summed E-state index contributed by atoms with van der Waals surface area (Å²) in [4.78, 5) is 49.2. The predicted octanol–water partition coefficient (Wildman–Crippen LogP) is 5.56. The highest BCUT2D eigenvalue weighted by atomic mass is 35.5. The summed E-state index contributed by atoms with van der Waals surface area (Å²) in [5.41, 5.74) is -0.0369. The minimum absolute atomic E-state index is 0.0808. The molecule has 0 atom stereocenters. The van der Waals surface area contributed by atoms with Crippen molar-refractivity contribution in [2.75, 3.05) is 10.2 Å². The monoisotopic (exact) mass is 531 g/mol. The summed E-state index contributed by atoms with van der Waals surface area (Å²) in [6, 6.07) is 15.4. The minimum atomic E-state index is -0.822. The molecule has 4 rings (SSSR count). The van der Waals surface area contributed by atoms with Gasteiger partial charge in [0.15, 0.2) is 0 Å². The Hall–Kier alpha value is -3.92. The molecule has 35 heavy (non-hydrogen) atoms. The van der Waals surface area contributed by atoms with Gasteiger partial charge in [0.25, 0.3) is 11.8 Å². The normalized spacial score (nSPS) is 13.3. The number of amides is 2. The first-order valence-electron chi connectivity index (χ1n) is 9.73. The molecule has 0 bridgehead atoms. The molecule has 176 valence electrons. The topological polar surface area (TPSA) is 119 Å². The molecule has 0 saturated carbocycles. The van der Waals surface area contributed by atoms with Crippen LogP contribution < -0.4 is 15.0 Å². The van der Waals surface area contributed by atoms with Crippen molar-refractivity contribution in [3.8, 4) is 5.75 Å². The van der Waals surface area contributed by atoms with E-state index in [2.05, 4.69) is 5.32 Å². The number of ether oxygens (including phenoxy) is 1. The number of esters is 1. The van der Waals surface area contributed by atoms with Crippen LogP contribution in [-0.4, -0.2) is 22.7 Å². The van der Waals surface area contributed by atoms with Gasteiger partial charge < -0.3 is 10.1 Å². The number of anilines is 2. The number of nitro groups is 1. The van der Waals surface area contributed by atoms with E-state index >= 15 is 0 Å². The number of hydrogen-bond donors (Lipinski definition) is 1. The van der Waals surface area contributed by atoms with Crippen molar-refractivity contribution in [3.63, 3.8) is 0 Å². The smallest absolute Gasteiger partial charge is 0.343 e. The molecule has 0 saturated heterocycles. The van der Waals surface area contributed by atoms with Gasteiger partial charge in [0.05, 0.1) is 21.2 Å². The highest BCUT2D eigenvalue weighted by molar-refractivity contribution is 6.54. The van der Waals surface area contributed by atoms with Crippen molar-refractivity contribution in [1.82, 2.24) is 0 Å². The number of rotatable bonds is 6. The molecular weight excluding hydrogens is 521 g/mol. The number of benzene rings is 3. The second-order valence-electron chi connectivity index (χ2n) is 7.05. The molecule has 0 radical (unpaired) electrons. The van der Waals surface area contributed by atoms with Crippen LogP contribution in [0.25, 0.3) is 0 Å². The fourth-order valence-corrected chi connectivity index (χ4v) is 3.76. The third-order valence-electron chi connectivity index (χ3n) is 4.83. The van der Waals surface area contributed by atoms with E-state index in [1.165, 1.54) is 66.7 Å². The average Bonchev–Trinajstić information content (AvgIpc) is 3.04. The van der Waals surface area contributed by atoms with Gasteiger partial charge in [0.2, 0.25) is 5.75 Å². The fourth-order valence-electron chi connectivity index (χ4n) is 3.17. The molecule has 1 heterocycles. The molecule has 1 aliphatic rings. The van der Waals surface area contributed by atoms with Crippen molar-refractivity contribution in [2.24, 2.45) is 0 Å². The molecule has 1 aliphatic heterocycles. The highest BCUT2D eigenvalue weighted by Gasteiger charge is 2.40. The van der Waals surface area contributed by atoms with Crippen molar-refractivity contribution in [1.29, 1.82) is 0 Å². The Morgan fingerprint density at radius 2 is 1.63 bits per heavy atom. The van der Waals surface area contributed by atoms with Crippen molar-refractivity contribution in [3.05, 3.63) is 103 Å². The van der Waals surface area contributed by atoms with Crippen molar-refractivity contribution < 1.29 is 24.0 Å². The van der Waals surface area contributed by atoms with Gasteiger partial charge >= 0.3 is 11.7 Å². The van der Waals surface area contributed by atoms with Crippen LogP contribution in [0.3, 0.4) is 0 Å². The van der Waals surface area contributed by atoms with E-state index in [1.54, 1.807) is 0 Å². The van der Waals surface area contributed by atoms with Gasteiger partial charge in [-0.3, -0.25) is 19.7 Å². The number of imide groups is 1. The summed E-state index contributed by atoms with van der Waals surface area (Å²) < 4.78 is 5.14. The summed E-state index contributed by atoms with van der Waals surface area (Å²) in [5, 5.41) is 13.9. The van der Waals surface area contributed by atoms with E-state index in [-0.39, 0.29) is 43.5 Å². The maximum atomic E-state index is 12.9. The highest BCUT2D eigenvalue weighted by Crippen LogP contribution is 2.36. The molecule has 12 heteroatoms. The molecule has 0 unspecified atom stereocenters. The van der Waals surface area contributed by atoms with Crippen LogP contribution in [-0.2, 0) is 9.59 Å². The lowest BCUT2D eigenvalue weighted by Gasteiger charge is -2.17. The Morgan fingerprint density at radius 1 is 0.943 bits per heavy atom. The standard InChI is InChI=1S/C23H12Cl3N3O6/c24-13-7-10-15(25)17(11-13)28-21(30)19(26)20(22(28)31)27-14-8-5-12(6-9-14)23(32)35-18-4-2-1-3-16(18)29(33)34/h1-11,27H. The quantitative estimate of drug-likeness (QED) is 0.145. The van der Waals surface area contributed by atoms with Crippen LogP contribution in [0.1, 0.15) is 10.4 Å². The van der Waals surface area contributed by atoms with Crippen LogP contribution in [0.5, 0.6) is 5.75 Å². The Labute approximate surface area is 212 Å². The molecule has 0 fully saturated rings. The van der Waals surface area contributed by atoms with Crippen LogP contribution in [0.4, 0.5) is 17.1 Å². The van der Waals surface area contributed by atoms with E-state index in [4.69, 9.17) is 39.5 Å². The summed E-state index contributed by atoms with van der Waals surface area (Å²) in [6.45, 7) is 0. The Kier molecular flexibility index (Phi) is 6.74. The van der Waals surface area contributed by atoms with E-state index in [0.717, 1.165) is 4.90 Å². The average molecular weight is 533 g/mol. The SMILES string of the molecule is O=C(Oc1ccccc1[N+](=O)[O-])c1ccc(NC2=C(Cl)C(=O)N(c3cc(Cl)ccc3Cl)C2=O)cc1. The second-order valence-corrected chi connectivity index (χ2v) is 8.27. The lowest BCUT2D eigenvalue weighted by atomic mass is 10.2.